The Labute approximate surface area is 250 Å². The zero-order chi connectivity index (χ0) is 29.8. The number of carbonyl (C=O) groups is 2. The summed E-state index contributed by atoms with van der Waals surface area (Å²) in [5.74, 6) is -1.26. The number of rotatable bonds is 14. The summed E-state index contributed by atoms with van der Waals surface area (Å²) in [7, 11) is 0. The molecule has 2 aliphatic carbocycles. The molecule has 1 heterocycles. The molecule has 0 bridgehead atoms. The number of hydrogen-bond donors (Lipinski definition) is 1. The van der Waals surface area contributed by atoms with Gasteiger partial charge in [0.15, 0.2) is 23.9 Å². The number of aromatic nitrogens is 1. The van der Waals surface area contributed by atoms with E-state index in [0.717, 1.165) is 25.7 Å². The molecule has 0 saturated heterocycles. The van der Waals surface area contributed by atoms with E-state index in [-0.39, 0.29) is 34.8 Å². The number of carboxylic acids is 1. The normalized spacial score (nSPS) is 15.3. The van der Waals surface area contributed by atoms with Crippen LogP contribution in [0.4, 0.5) is 8.78 Å². The molecule has 8 nitrogen and oxygen atoms in total. The molecule has 2 fully saturated rings. The van der Waals surface area contributed by atoms with Gasteiger partial charge in [-0.05, 0) is 73.4 Å². The summed E-state index contributed by atoms with van der Waals surface area (Å²) in [6, 6.07) is 8.29. The Balaban J connectivity index is 1.46. The molecule has 2 saturated carbocycles. The molecule has 12 heteroatoms. The number of alkyl halides is 2. The minimum absolute atomic E-state index is 0.0352. The lowest BCUT2D eigenvalue weighted by molar-refractivity contribution is -0.377. The number of carboxylic acid groups (broad SMARTS) is 1. The molecule has 2 aliphatic rings. The topological polar surface area (TPSA) is 105 Å². The van der Waals surface area contributed by atoms with Gasteiger partial charge in [0.05, 0.1) is 18.8 Å². The first kappa shape index (κ1) is 29.8. The van der Waals surface area contributed by atoms with E-state index in [1.165, 1.54) is 48.8 Å². The number of aromatic carboxylic acids is 1. The molecule has 0 radical (unpaired) electrons. The van der Waals surface area contributed by atoms with Crippen molar-refractivity contribution >= 4 is 35.1 Å². The average molecular weight is 623 g/mol. The van der Waals surface area contributed by atoms with Gasteiger partial charge < -0.3 is 24.1 Å². The van der Waals surface area contributed by atoms with Crippen LogP contribution in [0.3, 0.4) is 0 Å². The highest BCUT2D eigenvalue weighted by molar-refractivity contribution is 6.35. The van der Waals surface area contributed by atoms with E-state index in [1.807, 2.05) is 0 Å². The van der Waals surface area contributed by atoms with Crippen molar-refractivity contribution in [1.29, 1.82) is 0 Å². The highest BCUT2D eigenvalue weighted by atomic mass is 35.5. The summed E-state index contributed by atoms with van der Waals surface area (Å²) in [6.45, 7) is -2.38. The molecular formula is C30H28Cl2F2NO7+. The first-order valence-corrected chi connectivity index (χ1v) is 14.2. The van der Waals surface area contributed by atoms with E-state index >= 15 is 0 Å². The van der Waals surface area contributed by atoms with Gasteiger partial charge in [-0.1, -0.05) is 29.3 Å². The fourth-order valence-corrected chi connectivity index (χ4v) is 4.77. The second-order valence-electron chi connectivity index (χ2n) is 10.3. The Morgan fingerprint density at radius 2 is 1.55 bits per heavy atom. The molecule has 222 valence electrons. The maximum Gasteiger partial charge on any atom is 0.387 e. The second kappa shape index (κ2) is 13.1. The molecule has 1 aromatic heterocycles. The van der Waals surface area contributed by atoms with E-state index in [9.17, 15) is 23.5 Å². The molecule has 0 unspecified atom stereocenters. The van der Waals surface area contributed by atoms with Gasteiger partial charge in [0.1, 0.15) is 27.5 Å². The Bertz CT molecular complexity index is 1440. The van der Waals surface area contributed by atoms with Crippen LogP contribution in [0.25, 0.3) is 0 Å². The van der Waals surface area contributed by atoms with Crippen molar-refractivity contribution in [1.82, 2.24) is 0 Å². The number of hydrogen-bond acceptors (Lipinski definition) is 6. The van der Waals surface area contributed by atoms with Crippen LogP contribution in [0.15, 0.2) is 48.8 Å². The number of pyridine rings is 1. The maximum absolute atomic E-state index is 13.4. The number of H-pyrrole nitrogens is 1. The largest absolute Gasteiger partial charge is 0.492 e. The lowest BCUT2D eigenvalue weighted by Gasteiger charge is -2.21. The Morgan fingerprint density at radius 3 is 2.14 bits per heavy atom. The molecule has 2 N–H and O–H groups in total. The minimum Gasteiger partial charge on any atom is -0.492 e. The van der Waals surface area contributed by atoms with E-state index in [0.29, 0.717) is 46.2 Å². The molecule has 0 spiro atoms. The Morgan fingerprint density at radius 1 is 0.905 bits per heavy atom. The van der Waals surface area contributed by atoms with E-state index in [1.54, 1.807) is 0 Å². The summed E-state index contributed by atoms with van der Waals surface area (Å²) in [5, 5.41) is 10.2. The van der Waals surface area contributed by atoms with Gasteiger partial charge in [0.25, 0.3) is 0 Å². The smallest absolute Gasteiger partial charge is 0.387 e. The zero-order valence-electron chi connectivity index (χ0n) is 22.3. The quantitative estimate of drug-likeness (QED) is 0.196. The summed E-state index contributed by atoms with van der Waals surface area (Å²) in [5.41, 5.74) is 0.896. The SMILES string of the molecule is O=C(O[C@@H](Cc1c(Cl)c[nH+]cc1Cl)c1ccc(OC(F)F)c(OCC2CC2)c1)c1ccc(C(=O)O)c(OCC2CC2)c1. The Hall–Kier alpha value is -3.63. The standard InChI is InChI=1S/C30H27Cl2F2NO7/c31-22-12-35-13-23(32)21(22)11-25(18-6-8-24(42-30(33)34)27(9-18)40-15-17-3-4-17)41-29(38)19-5-7-20(28(36)37)26(10-19)39-14-16-1-2-16/h5-10,12-13,16-17,25,30H,1-4,11,14-15H2,(H,36,37)/p+1/t25-/m0/s1. The van der Waals surface area contributed by atoms with Crippen LogP contribution in [-0.4, -0.2) is 36.9 Å². The summed E-state index contributed by atoms with van der Waals surface area (Å²) >= 11 is 12.8. The number of benzene rings is 2. The number of halogens is 4. The van der Waals surface area contributed by atoms with Crippen molar-refractivity contribution in [3.63, 3.8) is 0 Å². The summed E-state index contributed by atoms with van der Waals surface area (Å²) < 4.78 is 48.3. The minimum atomic E-state index is -3.06. The predicted molar refractivity (Wildman–Crippen MR) is 148 cm³/mol. The average Bonchev–Trinajstić information content (AvgIpc) is 3.88. The third kappa shape index (κ3) is 7.80. The molecule has 5 rings (SSSR count). The van der Waals surface area contributed by atoms with Gasteiger partial charge in [0, 0.05) is 12.0 Å². The second-order valence-corrected chi connectivity index (χ2v) is 11.2. The predicted octanol–water partition coefficient (Wildman–Crippen LogP) is 6.83. The van der Waals surface area contributed by atoms with Gasteiger partial charge >= 0.3 is 18.6 Å². The van der Waals surface area contributed by atoms with Crippen molar-refractivity contribution in [2.75, 3.05) is 13.2 Å². The number of carbonyl (C=O) groups excluding carboxylic acids is 1. The van der Waals surface area contributed by atoms with Gasteiger partial charge in [-0.2, -0.15) is 8.78 Å². The van der Waals surface area contributed by atoms with Crippen molar-refractivity contribution < 1.29 is 47.4 Å². The van der Waals surface area contributed by atoms with Gasteiger partial charge in [0.2, 0.25) is 0 Å². The fourth-order valence-electron chi connectivity index (χ4n) is 4.24. The van der Waals surface area contributed by atoms with Crippen LogP contribution < -0.4 is 19.2 Å². The van der Waals surface area contributed by atoms with Crippen LogP contribution in [-0.2, 0) is 11.2 Å². The molecule has 2 aromatic carbocycles. The van der Waals surface area contributed by atoms with Crippen LogP contribution in [0, 0.1) is 11.8 Å². The lowest BCUT2D eigenvalue weighted by Crippen LogP contribution is -2.16. The molecule has 0 amide bonds. The first-order valence-electron chi connectivity index (χ1n) is 13.4. The van der Waals surface area contributed by atoms with Crippen molar-refractivity contribution in [2.24, 2.45) is 11.8 Å². The first-order chi connectivity index (χ1) is 20.2. The third-order valence-electron chi connectivity index (χ3n) is 6.98. The third-order valence-corrected chi connectivity index (χ3v) is 7.66. The molecule has 3 aromatic rings. The summed E-state index contributed by atoms with van der Waals surface area (Å²) in [4.78, 5) is 28.0. The number of aromatic amines is 1. The van der Waals surface area contributed by atoms with Crippen molar-refractivity contribution in [2.45, 2.75) is 44.8 Å². The Kier molecular flexibility index (Phi) is 9.33. The van der Waals surface area contributed by atoms with Gasteiger partial charge in [-0.25, -0.2) is 14.6 Å². The fraction of sp³-hybridized carbons (Fsp3) is 0.367. The van der Waals surface area contributed by atoms with Gasteiger partial charge in [-0.15, -0.1) is 0 Å². The van der Waals surface area contributed by atoms with Crippen LogP contribution in [0.1, 0.15) is 63.6 Å². The molecule has 0 aliphatic heterocycles. The maximum atomic E-state index is 13.4. The van der Waals surface area contributed by atoms with Crippen molar-refractivity contribution in [3.05, 3.63) is 81.1 Å². The van der Waals surface area contributed by atoms with Crippen LogP contribution in [0.2, 0.25) is 10.0 Å². The lowest BCUT2D eigenvalue weighted by atomic mass is 10.0. The highest BCUT2D eigenvalue weighted by Crippen LogP contribution is 2.38. The van der Waals surface area contributed by atoms with Crippen molar-refractivity contribution in [3.8, 4) is 17.2 Å². The number of nitrogens with one attached hydrogen (secondary N) is 1. The molecular weight excluding hydrogens is 595 g/mol. The van der Waals surface area contributed by atoms with Crippen LogP contribution in [0.5, 0.6) is 17.2 Å². The number of esters is 1. The number of ether oxygens (including phenoxy) is 4. The zero-order valence-corrected chi connectivity index (χ0v) is 23.8. The highest BCUT2D eigenvalue weighted by Gasteiger charge is 2.28. The van der Waals surface area contributed by atoms with E-state index in [4.69, 9.17) is 37.4 Å². The molecule has 42 heavy (non-hydrogen) atoms. The van der Waals surface area contributed by atoms with Crippen LogP contribution >= 0.6 is 23.2 Å². The molecule has 1 atom stereocenters. The van der Waals surface area contributed by atoms with E-state index in [2.05, 4.69) is 9.72 Å². The van der Waals surface area contributed by atoms with Gasteiger partial charge in [-0.3, -0.25) is 0 Å². The van der Waals surface area contributed by atoms with E-state index < -0.39 is 24.7 Å². The summed E-state index contributed by atoms with van der Waals surface area (Å²) in [6.07, 6.45) is 6.07. The monoisotopic (exact) mass is 622 g/mol.